The molecule has 1 aliphatic heterocycles. The van der Waals surface area contributed by atoms with Crippen LogP contribution in [0, 0.1) is 11.7 Å². The van der Waals surface area contributed by atoms with Crippen molar-refractivity contribution in [1.82, 2.24) is 10.2 Å². The Morgan fingerprint density at radius 2 is 2.20 bits per heavy atom. The summed E-state index contributed by atoms with van der Waals surface area (Å²) in [5.41, 5.74) is 0.691. The topological polar surface area (TPSA) is 75.7 Å². The van der Waals surface area contributed by atoms with Crippen molar-refractivity contribution in [2.75, 3.05) is 19.7 Å². The van der Waals surface area contributed by atoms with Gasteiger partial charge in [-0.2, -0.15) is 0 Å². The Balaban J connectivity index is 1.85. The first-order valence-corrected chi connectivity index (χ1v) is 8.45. The van der Waals surface area contributed by atoms with Gasteiger partial charge in [-0.15, -0.1) is 0 Å². The zero-order valence-corrected chi connectivity index (χ0v) is 14.3. The number of likely N-dealkylation sites (tertiary alicyclic amines) is 1. The van der Waals surface area contributed by atoms with Crippen molar-refractivity contribution in [3.8, 4) is 0 Å². The average Bonchev–Trinajstić information content (AvgIpc) is 2.57. The molecule has 2 rings (SSSR count). The van der Waals surface area contributed by atoms with E-state index in [9.17, 15) is 18.8 Å². The van der Waals surface area contributed by atoms with E-state index in [1.54, 1.807) is 24.0 Å². The molecule has 1 N–H and O–H groups in total. The predicted molar refractivity (Wildman–Crippen MR) is 88.8 cm³/mol. The van der Waals surface area contributed by atoms with E-state index in [1.165, 1.54) is 12.1 Å². The summed E-state index contributed by atoms with van der Waals surface area (Å²) < 4.78 is 18.1. The summed E-state index contributed by atoms with van der Waals surface area (Å²) in [6.45, 7) is 2.82. The number of esters is 1. The van der Waals surface area contributed by atoms with Gasteiger partial charge in [0.1, 0.15) is 5.82 Å². The van der Waals surface area contributed by atoms with Crippen LogP contribution < -0.4 is 5.32 Å². The van der Waals surface area contributed by atoms with Crippen LogP contribution >= 0.6 is 0 Å². The maximum absolute atomic E-state index is 13.3. The molecular formula is C18H23FN2O4. The van der Waals surface area contributed by atoms with Crippen molar-refractivity contribution in [1.29, 1.82) is 0 Å². The lowest BCUT2D eigenvalue weighted by atomic mass is 9.96. The number of carbonyl (C=O) groups excluding carboxylic acids is 3. The SMILES string of the molecule is CCOC(=O)CCNC(=O)[C@H]1CCC(=O)N(Cc2cccc(F)c2)C1. The molecule has 1 heterocycles. The molecule has 0 radical (unpaired) electrons. The van der Waals surface area contributed by atoms with Gasteiger partial charge in [0.05, 0.1) is 18.9 Å². The molecule has 0 bridgehead atoms. The lowest BCUT2D eigenvalue weighted by molar-refractivity contribution is -0.143. The second-order valence-corrected chi connectivity index (χ2v) is 5.99. The fourth-order valence-electron chi connectivity index (χ4n) is 2.80. The Hall–Kier alpha value is -2.44. The summed E-state index contributed by atoms with van der Waals surface area (Å²) >= 11 is 0. The van der Waals surface area contributed by atoms with Crippen molar-refractivity contribution < 1.29 is 23.5 Å². The number of piperidine rings is 1. The van der Waals surface area contributed by atoms with Gasteiger partial charge >= 0.3 is 5.97 Å². The van der Waals surface area contributed by atoms with Gasteiger partial charge in [-0.05, 0) is 31.0 Å². The number of carbonyl (C=O) groups is 3. The number of hydrogen-bond donors (Lipinski definition) is 1. The molecule has 1 atom stereocenters. The third-order valence-corrected chi connectivity index (χ3v) is 4.07. The van der Waals surface area contributed by atoms with Gasteiger partial charge < -0.3 is 15.0 Å². The van der Waals surface area contributed by atoms with Crippen molar-refractivity contribution in [2.45, 2.75) is 32.7 Å². The van der Waals surface area contributed by atoms with Gasteiger partial charge in [0.2, 0.25) is 11.8 Å². The zero-order chi connectivity index (χ0) is 18.2. The highest BCUT2D eigenvalue weighted by Crippen LogP contribution is 2.20. The highest BCUT2D eigenvalue weighted by Gasteiger charge is 2.30. The highest BCUT2D eigenvalue weighted by molar-refractivity contribution is 5.84. The van der Waals surface area contributed by atoms with E-state index in [-0.39, 0.29) is 55.4 Å². The molecule has 1 saturated heterocycles. The molecular weight excluding hydrogens is 327 g/mol. The fraction of sp³-hybridized carbons (Fsp3) is 0.500. The van der Waals surface area contributed by atoms with Crippen LogP contribution in [0.4, 0.5) is 4.39 Å². The van der Waals surface area contributed by atoms with E-state index >= 15 is 0 Å². The minimum Gasteiger partial charge on any atom is -0.466 e. The highest BCUT2D eigenvalue weighted by atomic mass is 19.1. The lowest BCUT2D eigenvalue weighted by Gasteiger charge is -2.32. The molecule has 7 heteroatoms. The number of rotatable bonds is 7. The Kier molecular flexibility index (Phi) is 6.91. The molecule has 0 aromatic heterocycles. The molecule has 25 heavy (non-hydrogen) atoms. The second kappa shape index (κ2) is 9.15. The Labute approximate surface area is 146 Å². The van der Waals surface area contributed by atoms with Crippen LogP contribution in [0.25, 0.3) is 0 Å². The molecule has 136 valence electrons. The Morgan fingerprint density at radius 1 is 1.40 bits per heavy atom. The van der Waals surface area contributed by atoms with Crippen LogP contribution in [0.2, 0.25) is 0 Å². The summed E-state index contributed by atoms with van der Waals surface area (Å²) in [6.07, 6.45) is 0.882. The summed E-state index contributed by atoms with van der Waals surface area (Å²) in [7, 11) is 0. The van der Waals surface area contributed by atoms with E-state index in [0.29, 0.717) is 25.1 Å². The fourth-order valence-corrected chi connectivity index (χ4v) is 2.80. The van der Waals surface area contributed by atoms with E-state index in [2.05, 4.69) is 5.32 Å². The molecule has 1 aromatic rings. The predicted octanol–water partition coefficient (Wildman–Crippen LogP) is 1.63. The number of nitrogens with zero attached hydrogens (tertiary/aromatic N) is 1. The maximum Gasteiger partial charge on any atom is 0.307 e. The minimum atomic E-state index is -0.352. The summed E-state index contributed by atoms with van der Waals surface area (Å²) in [5.74, 6) is -1.25. The quantitative estimate of drug-likeness (QED) is 0.759. The van der Waals surface area contributed by atoms with Crippen molar-refractivity contribution in [2.24, 2.45) is 5.92 Å². The Morgan fingerprint density at radius 3 is 2.92 bits per heavy atom. The van der Waals surface area contributed by atoms with Gasteiger partial charge in [-0.1, -0.05) is 12.1 Å². The largest absolute Gasteiger partial charge is 0.466 e. The van der Waals surface area contributed by atoms with E-state index in [4.69, 9.17) is 4.74 Å². The monoisotopic (exact) mass is 350 g/mol. The lowest BCUT2D eigenvalue weighted by Crippen LogP contribution is -2.45. The number of hydrogen-bond acceptors (Lipinski definition) is 4. The van der Waals surface area contributed by atoms with E-state index in [1.807, 2.05) is 0 Å². The molecule has 0 spiro atoms. The molecule has 0 aliphatic carbocycles. The average molecular weight is 350 g/mol. The van der Waals surface area contributed by atoms with E-state index in [0.717, 1.165) is 0 Å². The standard InChI is InChI=1S/C18H23FN2O4/c1-2-25-17(23)8-9-20-18(24)14-6-7-16(22)21(12-14)11-13-4-3-5-15(19)10-13/h3-5,10,14H,2,6-9,11-12H2,1H3,(H,20,24)/t14-/m0/s1. The maximum atomic E-state index is 13.3. The summed E-state index contributed by atoms with van der Waals surface area (Å²) in [4.78, 5) is 37.1. The first-order chi connectivity index (χ1) is 12.0. The molecule has 1 fully saturated rings. The van der Waals surface area contributed by atoms with Gasteiger partial charge in [-0.25, -0.2) is 4.39 Å². The summed E-state index contributed by atoms with van der Waals surface area (Å²) in [5, 5.41) is 2.71. The van der Waals surface area contributed by atoms with Crippen molar-refractivity contribution in [3.05, 3.63) is 35.6 Å². The van der Waals surface area contributed by atoms with Gasteiger partial charge in [0.15, 0.2) is 0 Å². The summed E-state index contributed by atoms with van der Waals surface area (Å²) in [6, 6.07) is 6.08. The molecule has 0 unspecified atom stereocenters. The number of nitrogens with one attached hydrogen (secondary N) is 1. The number of benzene rings is 1. The normalized spacial score (nSPS) is 17.3. The molecule has 0 saturated carbocycles. The minimum absolute atomic E-state index is 0.0418. The van der Waals surface area contributed by atoms with Crippen LogP contribution in [-0.2, 0) is 25.7 Å². The van der Waals surface area contributed by atoms with Crippen LogP contribution in [0.3, 0.4) is 0 Å². The second-order valence-electron chi connectivity index (χ2n) is 5.99. The first kappa shape index (κ1) is 18.9. The van der Waals surface area contributed by atoms with Crippen LogP contribution in [0.1, 0.15) is 31.7 Å². The van der Waals surface area contributed by atoms with Crippen LogP contribution in [-0.4, -0.2) is 42.4 Å². The van der Waals surface area contributed by atoms with Crippen molar-refractivity contribution in [3.63, 3.8) is 0 Å². The van der Waals surface area contributed by atoms with Crippen molar-refractivity contribution >= 4 is 17.8 Å². The van der Waals surface area contributed by atoms with Gasteiger partial charge in [-0.3, -0.25) is 14.4 Å². The molecule has 6 nitrogen and oxygen atoms in total. The third kappa shape index (κ3) is 5.85. The van der Waals surface area contributed by atoms with Gasteiger partial charge in [0.25, 0.3) is 0 Å². The van der Waals surface area contributed by atoms with Gasteiger partial charge in [0, 0.05) is 26.1 Å². The zero-order valence-electron chi connectivity index (χ0n) is 14.3. The molecule has 1 aromatic carbocycles. The molecule has 2 amide bonds. The van der Waals surface area contributed by atoms with Crippen LogP contribution in [0.15, 0.2) is 24.3 Å². The third-order valence-electron chi connectivity index (χ3n) is 4.07. The first-order valence-electron chi connectivity index (χ1n) is 8.45. The smallest absolute Gasteiger partial charge is 0.307 e. The van der Waals surface area contributed by atoms with Crippen LogP contribution in [0.5, 0.6) is 0 Å². The number of amides is 2. The molecule has 1 aliphatic rings. The number of halogens is 1. The van der Waals surface area contributed by atoms with E-state index < -0.39 is 0 Å². The number of ether oxygens (including phenoxy) is 1. The Bertz CT molecular complexity index is 635.